The highest BCUT2D eigenvalue weighted by molar-refractivity contribution is 5.64. The van der Waals surface area contributed by atoms with Gasteiger partial charge in [0, 0.05) is 29.3 Å². The van der Waals surface area contributed by atoms with Gasteiger partial charge in [0.05, 0.1) is 7.11 Å². The molecule has 28 heavy (non-hydrogen) atoms. The molecule has 3 rings (SSSR count). The van der Waals surface area contributed by atoms with Crippen LogP contribution in [0.4, 0.5) is 0 Å². The zero-order chi connectivity index (χ0) is 20.3. The molecule has 2 heteroatoms. The normalized spacial score (nSPS) is 24.8. The number of rotatable bonds is 6. The second kappa shape index (κ2) is 8.43. The average Bonchev–Trinajstić information content (AvgIpc) is 2.73. The highest BCUT2D eigenvalue weighted by Crippen LogP contribution is 2.47. The Morgan fingerprint density at radius 3 is 2.50 bits per heavy atom. The van der Waals surface area contributed by atoms with E-state index < -0.39 is 0 Å². The summed E-state index contributed by atoms with van der Waals surface area (Å²) < 4.78 is 5.54. The van der Waals surface area contributed by atoms with E-state index in [9.17, 15) is 0 Å². The Hall–Kier alpha value is -2.22. The van der Waals surface area contributed by atoms with Gasteiger partial charge in [-0.3, -0.25) is 0 Å². The molecule has 0 saturated carbocycles. The van der Waals surface area contributed by atoms with Crippen LogP contribution in [0.25, 0.3) is 5.70 Å². The van der Waals surface area contributed by atoms with Crippen molar-refractivity contribution in [2.75, 3.05) is 13.7 Å². The lowest BCUT2D eigenvalue weighted by molar-refractivity contribution is 0.0817. The molecule has 0 radical (unpaired) electrons. The van der Waals surface area contributed by atoms with Gasteiger partial charge in [-0.1, -0.05) is 69.3 Å². The topological polar surface area (TPSA) is 12.5 Å². The van der Waals surface area contributed by atoms with Gasteiger partial charge >= 0.3 is 0 Å². The van der Waals surface area contributed by atoms with Crippen molar-refractivity contribution < 1.29 is 4.74 Å². The lowest BCUT2D eigenvalue weighted by Gasteiger charge is -2.52. The maximum Gasteiger partial charge on any atom is 0.122 e. The number of piperidine rings is 1. The van der Waals surface area contributed by atoms with Crippen LogP contribution in [-0.2, 0) is 5.41 Å². The Kier molecular flexibility index (Phi) is 6.17. The zero-order valence-electron chi connectivity index (χ0n) is 18.2. The molecule has 3 atom stereocenters. The predicted molar refractivity (Wildman–Crippen MR) is 120 cm³/mol. The summed E-state index contributed by atoms with van der Waals surface area (Å²) in [4.78, 5) is 2.52. The van der Waals surface area contributed by atoms with Crippen molar-refractivity contribution in [3.8, 4) is 5.75 Å². The van der Waals surface area contributed by atoms with Crippen molar-refractivity contribution in [3.05, 3.63) is 71.8 Å². The molecule has 150 valence electrons. The lowest BCUT2D eigenvalue weighted by Crippen LogP contribution is -2.52. The minimum absolute atomic E-state index is 0.247. The molecule has 2 nitrogen and oxygen atoms in total. The Morgan fingerprint density at radius 1 is 1.18 bits per heavy atom. The fraction of sp³-hybridized carbons (Fsp3) is 0.462. The van der Waals surface area contributed by atoms with Crippen molar-refractivity contribution in [2.24, 2.45) is 5.92 Å². The average molecular weight is 378 g/mol. The van der Waals surface area contributed by atoms with Gasteiger partial charge in [-0.2, -0.15) is 0 Å². The van der Waals surface area contributed by atoms with Gasteiger partial charge in [0.15, 0.2) is 0 Å². The number of likely N-dealkylation sites (tertiary alicyclic amines) is 1. The molecule has 3 unspecified atom stereocenters. The van der Waals surface area contributed by atoms with E-state index in [0.29, 0.717) is 12.0 Å². The summed E-state index contributed by atoms with van der Waals surface area (Å²) in [5.41, 5.74) is 5.18. The molecule has 2 aromatic rings. The van der Waals surface area contributed by atoms with Gasteiger partial charge in [0.1, 0.15) is 5.75 Å². The molecule has 2 aromatic carbocycles. The Labute approximate surface area is 171 Å². The minimum atomic E-state index is 0.247. The number of nitrogens with zero attached hydrogens (tertiary/aromatic N) is 1. The Balaban J connectivity index is 1.92. The van der Waals surface area contributed by atoms with E-state index >= 15 is 0 Å². The molecule has 0 spiro atoms. The van der Waals surface area contributed by atoms with Crippen LogP contribution in [0.2, 0.25) is 0 Å². The summed E-state index contributed by atoms with van der Waals surface area (Å²) in [6.07, 6.45) is 3.52. The first kappa shape index (κ1) is 20.5. The van der Waals surface area contributed by atoms with Crippen molar-refractivity contribution in [1.82, 2.24) is 4.90 Å². The molecule has 0 aliphatic carbocycles. The molecular weight excluding hydrogens is 342 g/mol. The molecule has 0 bridgehead atoms. The number of aryl methyl sites for hydroxylation is 1. The summed E-state index contributed by atoms with van der Waals surface area (Å²) in [5.74, 6) is 1.54. The van der Waals surface area contributed by atoms with E-state index in [-0.39, 0.29) is 5.41 Å². The van der Waals surface area contributed by atoms with E-state index in [1.165, 1.54) is 18.4 Å². The first-order valence-corrected chi connectivity index (χ1v) is 10.6. The number of ether oxygens (including phenoxy) is 1. The van der Waals surface area contributed by atoms with Crippen molar-refractivity contribution in [3.63, 3.8) is 0 Å². The molecular formula is C26H35NO. The molecule has 1 aliphatic rings. The Morgan fingerprint density at radius 2 is 1.89 bits per heavy atom. The predicted octanol–water partition coefficient (Wildman–Crippen LogP) is 6.44. The van der Waals surface area contributed by atoms with Gasteiger partial charge in [-0.25, -0.2) is 0 Å². The fourth-order valence-electron chi connectivity index (χ4n) is 5.22. The van der Waals surface area contributed by atoms with Gasteiger partial charge < -0.3 is 9.64 Å². The van der Waals surface area contributed by atoms with Crippen LogP contribution >= 0.6 is 0 Å². The smallest absolute Gasteiger partial charge is 0.122 e. The maximum atomic E-state index is 5.54. The summed E-state index contributed by atoms with van der Waals surface area (Å²) in [5, 5.41) is 0. The largest absolute Gasteiger partial charge is 0.496 e. The van der Waals surface area contributed by atoms with E-state index in [2.05, 4.69) is 87.7 Å². The molecule has 1 aliphatic heterocycles. The van der Waals surface area contributed by atoms with E-state index in [4.69, 9.17) is 4.74 Å². The number of benzene rings is 2. The van der Waals surface area contributed by atoms with E-state index in [1.807, 2.05) is 0 Å². The van der Waals surface area contributed by atoms with Crippen molar-refractivity contribution >= 4 is 5.70 Å². The van der Waals surface area contributed by atoms with Gasteiger partial charge in [0.2, 0.25) is 0 Å². The van der Waals surface area contributed by atoms with E-state index in [0.717, 1.165) is 35.5 Å². The third-order valence-electron chi connectivity index (χ3n) is 6.95. The van der Waals surface area contributed by atoms with Crippen LogP contribution in [-0.4, -0.2) is 24.6 Å². The first-order valence-electron chi connectivity index (χ1n) is 10.6. The molecule has 0 amide bonds. The van der Waals surface area contributed by atoms with Gasteiger partial charge in [-0.15, -0.1) is 0 Å². The van der Waals surface area contributed by atoms with Crippen LogP contribution in [0.5, 0.6) is 5.75 Å². The summed E-state index contributed by atoms with van der Waals surface area (Å²) in [6.45, 7) is 14.7. The third-order valence-corrected chi connectivity index (χ3v) is 6.95. The Bertz CT molecular complexity index is 812. The zero-order valence-corrected chi connectivity index (χ0v) is 18.2. The van der Waals surface area contributed by atoms with Crippen molar-refractivity contribution in [2.45, 2.75) is 58.4 Å². The molecule has 1 heterocycles. The number of hydrogen-bond donors (Lipinski definition) is 0. The maximum absolute atomic E-state index is 5.54. The van der Waals surface area contributed by atoms with E-state index in [1.54, 1.807) is 7.11 Å². The molecule has 0 N–H and O–H groups in total. The van der Waals surface area contributed by atoms with Crippen LogP contribution in [0.3, 0.4) is 0 Å². The standard InChI is InChI=1S/C26H35NO/c1-7-23-18-27(21(5)22-15-14-19(3)25(16-22)28-6)20(4)17-26(23,8-2)24-12-10-9-11-13-24/h9-16,20,23H,5,7-8,17-18H2,1-4,6H3. The van der Waals surface area contributed by atoms with Crippen LogP contribution in [0, 0.1) is 12.8 Å². The van der Waals surface area contributed by atoms with Crippen LogP contribution in [0.1, 0.15) is 56.7 Å². The van der Waals surface area contributed by atoms with Crippen LogP contribution in [0.15, 0.2) is 55.1 Å². The second-order valence-corrected chi connectivity index (χ2v) is 8.32. The quantitative estimate of drug-likeness (QED) is 0.574. The molecule has 1 saturated heterocycles. The summed E-state index contributed by atoms with van der Waals surface area (Å²) in [6, 6.07) is 18.0. The van der Waals surface area contributed by atoms with Crippen LogP contribution < -0.4 is 4.74 Å². The number of hydrogen-bond acceptors (Lipinski definition) is 2. The van der Waals surface area contributed by atoms with Crippen molar-refractivity contribution in [1.29, 1.82) is 0 Å². The fourth-order valence-corrected chi connectivity index (χ4v) is 5.22. The summed E-state index contributed by atoms with van der Waals surface area (Å²) in [7, 11) is 1.74. The van der Waals surface area contributed by atoms with Gasteiger partial charge in [0.25, 0.3) is 0 Å². The first-order chi connectivity index (χ1) is 13.5. The summed E-state index contributed by atoms with van der Waals surface area (Å²) >= 11 is 0. The number of methoxy groups -OCH3 is 1. The van der Waals surface area contributed by atoms with Gasteiger partial charge in [-0.05, 0) is 49.8 Å². The highest BCUT2D eigenvalue weighted by atomic mass is 16.5. The lowest BCUT2D eigenvalue weighted by atomic mass is 9.61. The third kappa shape index (κ3) is 3.57. The monoisotopic (exact) mass is 377 g/mol. The molecule has 0 aromatic heterocycles. The minimum Gasteiger partial charge on any atom is -0.496 e. The molecule has 1 fully saturated rings. The SMILES string of the molecule is C=C(c1ccc(C)c(OC)c1)N1CC(CC)C(CC)(c2ccccc2)CC1C. The second-order valence-electron chi connectivity index (χ2n) is 8.32. The highest BCUT2D eigenvalue weighted by Gasteiger charge is 2.45.